The molecule has 20 heavy (non-hydrogen) atoms. The van der Waals surface area contributed by atoms with Gasteiger partial charge in [-0.2, -0.15) is 0 Å². The summed E-state index contributed by atoms with van der Waals surface area (Å²) in [5.74, 6) is 0.681. The van der Waals surface area contributed by atoms with Crippen LogP contribution in [0.15, 0.2) is 53.0 Å². The molecule has 0 fully saturated rings. The standard InChI is InChI=1S/C16H16BrNO2/c1-2-10-20-15-8-6-14(7-9-15)18-16(19)12-4-3-5-13(17)11-12/h3-9,11H,2,10H2,1H3,(H,18,19). The van der Waals surface area contributed by atoms with Gasteiger partial charge >= 0.3 is 0 Å². The Bertz CT molecular complexity index is 581. The maximum atomic E-state index is 12.1. The van der Waals surface area contributed by atoms with E-state index in [1.165, 1.54) is 0 Å². The third-order valence-electron chi connectivity index (χ3n) is 2.67. The van der Waals surface area contributed by atoms with Gasteiger partial charge in [-0.1, -0.05) is 28.9 Å². The van der Waals surface area contributed by atoms with Crippen LogP contribution in [0.2, 0.25) is 0 Å². The first-order valence-corrected chi connectivity index (χ1v) is 7.28. The minimum absolute atomic E-state index is 0.131. The van der Waals surface area contributed by atoms with Crippen LogP contribution in [0.5, 0.6) is 5.75 Å². The second kappa shape index (κ2) is 7.10. The van der Waals surface area contributed by atoms with Gasteiger partial charge in [0.15, 0.2) is 0 Å². The summed E-state index contributed by atoms with van der Waals surface area (Å²) < 4.78 is 6.38. The summed E-state index contributed by atoms with van der Waals surface area (Å²) >= 11 is 3.35. The highest BCUT2D eigenvalue weighted by Gasteiger charge is 2.06. The average molecular weight is 334 g/mol. The van der Waals surface area contributed by atoms with Crippen molar-refractivity contribution in [3.8, 4) is 5.75 Å². The molecule has 2 aromatic rings. The van der Waals surface area contributed by atoms with Crippen molar-refractivity contribution >= 4 is 27.5 Å². The van der Waals surface area contributed by atoms with Crippen LogP contribution in [0.4, 0.5) is 5.69 Å². The molecular formula is C16H16BrNO2. The Kier molecular flexibility index (Phi) is 5.18. The van der Waals surface area contributed by atoms with Crippen molar-refractivity contribution in [1.29, 1.82) is 0 Å². The molecule has 0 atom stereocenters. The van der Waals surface area contributed by atoms with Crippen LogP contribution in [0.3, 0.4) is 0 Å². The van der Waals surface area contributed by atoms with E-state index in [1.54, 1.807) is 12.1 Å². The number of anilines is 1. The monoisotopic (exact) mass is 333 g/mol. The normalized spacial score (nSPS) is 10.1. The maximum Gasteiger partial charge on any atom is 0.255 e. The van der Waals surface area contributed by atoms with Crippen LogP contribution in [0.25, 0.3) is 0 Å². The van der Waals surface area contributed by atoms with Crippen molar-refractivity contribution in [3.63, 3.8) is 0 Å². The molecule has 2 rings (SSSR count). The van der Waals surface area contributed by atoms with Crippen LogP contribution < -0.4 is 10.1 Å². The molecule has 1 amide bonds. The Morgan fingerprint density at radius 3 is 2.60 bits per heavy atom. The van der Waals surface area contributed by atoms with Gasteiger partial charge in [-0.3, -0.25) is 4.79 Å². The van der Waals surface area contributed by atoms with E-state index in [0.29, 0.717) is 12.2 Å². The fourth-order valence-electron chi connectivity index (χ4n) is 1.69. The van der Waals surface area contributed by atoms with Crippen molar-refractivity contribution in [2.24, 2.45) is 0 Å². The molecule has 4 heteroatoms. The lowest BCUT2D eigenvalue weighted by molar-refractivity contribution is 0.102. The van der Waals surface area contributed by atoms with Gasteiger partial charge < -0.3 is 10.1 Å². The number of amides is 1. The van der Waals surface area contributed by atoms with Gasteiger partial charge in [-0.05, 0) is 48.9 Å². The Labute approximate surface area is 127 Å². The number of nitrogens with one attached hydrogen (secondary N) is 1. The third-order valence-corrected chi connectivity index (χ3v) is 3.17. The van der Waals surface area contributed by atoms with Crippen LogP contribution >= 0.6 is 15.9 Å². The van der Waals surface area contributed by atoms with Gasteiger partial charge in [-0.25, -0.2) is 0 Å². The van der Waals surface area contributed by atoms with Gasteiger partial charge in [0.05, 0.1) is 6.61 Å². The van der Waals surface area contributed by atoms with Gasteiger partial charge in [0, 0.05) is 15.7 Å². The highest BCUT2D eigenvalue weighted by atomic mass is 79.9. The van der Waals surface area contributed by atoms with Crippen LogP contribution in [0.1, 0.15) is 23.7 Å². The molecule has 0 unspecified atom stereocenters. The second-order valence-electron chi connectivity index (χ2n) is 4.34. The smallest absolute Gasteiger partial charge is 0.255 e. The lowest BCUT2D eigenvalue weighted by Gasteiger charge is -2.08. The molecule has 0 aromatic heterocycles. The minimum Gasteiger partial charge on any atom is -0.494 e. The van der Waals surface area contributed by atoms with Gasteiger partial charge in [0.25, 0.3) is 5.91 Å². The maximum absolute atomic E-state index is 12.1. The highest BCUT2D eigenvalue weighted by molar-refractivity contribution is 9.10. The first kappa shape index (κ1) is 14.6. The fraction of sp³-hybridized carbons (Fsp3) is 0.188. The number of rotatable bonds is 5. The molecular weight excluding hydrogens is 318 g/mol. The number of hydrogen-bond donors (Lipinski definition) is 1. The molecule has 3 nitrogen and oxygen atoms in total. The van der Waals surface area contributed by atoms with E-state index in [2.05, 4.69) is 28.2 Å². The molecule has 0 aliphatic heterocycles. The minimum atomic E-state index is -0.131. The summed E-state index contributed by atoms with van der Waals surface area (Å²) in [4.78, 5) is 12.1. The van der Waals surface area contributed by atoms with Crippen molar-refractivity contribution in [2.45, 2.75) is 13.3 Å². The predicted octanol–water partition coefficient (Wildman–Crippen LogP) is 4.49. The summed E-state index contributed by atoms with van der Waals surface area (Å²) in [6.45, 7) is 2.76. The fourth-order valence-corrected chi connectivity index (χ4v) is 2.09. The lowest BCUT2D eigenvalue weighted by atomic mass is 10.2. The van der Waals surface area contributed by atoms with Crippen molar-refractivity contribution < 1.29 is 9.53 Å². The van der Waals surface area contributed by atoms with Crippen LogP contribution in [-0.4, -0.2) is 12.5 Å². The molecule has 0 spiro atoms. The van der Waals surface area contributed by atoms with E-state index >= 15 is 0 Å². The topological polar surface area (TPSA) is 38.3 Å². The highest BCUT2D eigenvalue weighted by Crippen LogP contribution is 2.17. The number of halogens is 1. The summed E-state index contributed by atoms with van der Waals surface area (Å²) in [5.41, 5.74) is 1.37. The summed E-state index contributed by atoms with van der Waals surface area (Å²) in [5, 5.41) is 2.85. The molecule has 0 aliphatic carbocycles. The lowest BCUT2D eigenvalue weighted by Crippen LogP contribution is -2.11. The van der Waals surface area contributed by atoms with Crippen molar-refractivity contribution in [2.75, 3.05) is 11.9 Å². The molecule has 2 aromatic carbocycles. The van der Waals surface area contributed by atoms with Crippen LogP contribution in [-0.2, 0) is 0 Å². The van der Waals surface area contributed by atoms with Crippen molar-refractivity contribution in [3.05, 3.63) is 58.6 Å². The number of hydrogen-bond acceptors (Lipinski definition) is 2. The predicted molar refractivity (Wildman–Crippen MR) is 84.3 cm³/mol. The van der Waals surface area contributed by atoms with Crippen molar-refractivity contribution in [1.82, 2.24) is 0 Å². The van der Waals surface area contributed by atoms with E-state index in [9.17, 15) is 4.79 Å². The average Bonchev–Trinajstić information content (AvgIpc) is 2.46. The molecule has 1 N–H and O–H groups in total. The van der Waals surface area contributed by atoms with Gasteiger partial charge in [0.2, 0.25) is 0 Å². The number of carbonyl (C=O) groups is 1. The van der Waals surface area contributed by atoms with E-state index < -0.39 is 0 Å². The molecule has 0 saturated heterocycles. The number of carbonyl (C=O) groups excluding carboxylic acids is 1. The van der Waals surface area contributed by atoms with Crippen LogP contribution in [0, 0.1) is 0 Å². The first-order chi connectivity index (χ1) is 9.69. The SMILES string of the molecule is CCCOc1ccc(NC(=O)c2cccc(Br)c2)cc1. The third kappa shape index (κ3) is 4.10. The Hall–Kier alpha value is -1.81. The van der Waals surface area contributed by atoms with E-state index in [0.717, 1.165) is 22.3 Å². The Morgan fingerprint density at radius 2 is 1.95 bits per heavy atom. The summed E-state index contributed by atoms with van der Waals surface area (Å²) in [6.07, 6.45) is 0.974. The molecule has 104 valence electrons. The molecule has 0 bridgehead atoms. The quantitative estimate of drug-likeness (QED) is 0.875. The van der Waals surface area contributed by atoms with Gasteiger partial charge in [-0.15, -0.1) is 0 Å². The zero-order valence-electron chi connectivity index (χ0n) is 11.2. The van der Waals surface area contributed by atoms with E-state index in [1.807, 2.05) is 36.4 Å². The second-order valence-corrected chi connectivity index (χ2v) is 5.25. The summed E-state index contributed by atoms with van der Waals surface area (Å²) in [6, 6.07) is 14.7. The molecule has 0 radical (unpaired) electrons. The number of ether oxygens (including phenoxy) is 1. The zero-order valence-corrected chi connectivity index (χ0v) is 12.8. The van der Waals surface area contributed by atoms with E-state index in [4.69, 9.17) is 4.74 Å². The van der Waals surface area contributed by atoms with Gasteiger partial charge in [0.1, 0.15) is 5.75 Å². The zero-order chi connectivity index (χ0) is 14.4. The molecule has 0 saturated carbocycles. The Morgan fingerprint density at radius 1 is 1.20 bits per heavy atom. The largest absolute Gasteiger partial charge is 0.494 e. The Balaban J connectivity index is 2.01. The number of benzene rings is 2. The first-order valence-electron chi connectivity index (χ1n) is 6.49. The molecule has 0 heterocycles. The molecule has 0 aliphatic rings. The summed E-state index contributed by atoms with van der Waals surface area (Å²) in [7, 11) is 0. The van der Waals surface area contributed by atoms with E-state index in [-0.39, 0.29) is 5.91 Å².